The van der Waals surface area contributed by atoms with Crippen LogP contribution in [0.4, 0.5) is 0 Å². The second-order valence-corrected chi connectivity index (χ2v) is 7.66. The van der Waals surface area contributed by atoms with Crippen molar-refractivity contribution in [1.82, 2.24) is 10.2 Å². The summed E-state index contributed by atoms with van der Waals surface area (Å²) in [5.74, 6) is 0.886. The Hall–Kier alpha value is -1.55. The summed E-state index contributed by atoms with van der Waals surface area (Å²) in [5, 5.41) is 4.03. The van der Waals surface area contributed by atoms with Crippen molar-refractivity contribution in [3.63, 3.8) is 0 Å². The summed E-state index contributed by atoms with van der Waals surface area (Å²) in [7, 11) is 4.17. The highest BCUT2D eigenvalue weighted by molar-refractivity contribution is 6.30. The highest BCUT2D eigenvalue weighted by Gasteiger charge is 2.19. The van der Waals surface area contributed by atoms with Gasteiger partial charge >= 0.3 is 0 Å². The van der Waals surface area contributed by atoms with Crippen molar-refractivity contribution < 1.29 is 4.74 Å². The monoisotopic (exact) mass is 418 g/mol. The summed E-state index contributed by atoms with van der Waals surface area (Å²) >= 11 is 5.90. The van der Waals surface area contributed by atoms with Crippen LogP contribution in [-0.2, 0) is 0 Å². The fourth-order valence-electron chi connectivity index (χ4n) is 3.50. The molecule has 1 unspecified atom stereocenters. The molecule has 1 atom stereocenters. The van der Waals surface area contributed by atoms with Gasteiger partial charge in [-0.2, -0.15) is 0 Å². The van der Waals surface area contributed by atoms with Crippen molar-refractivity contribution in [2.24, 2.45) is 0 Å². The van der Waals surface area contributed by atoms with E-state index < -0.39 is 0 Å². The predicted molar refractivity (Wildman–Crippen MR) is 128 cm³/mol. The van der Waals surface area contributed by atoms with Crippen LogP contribution in [0.25, 0.3) is 0 Å². The van der Waals surface area contributed by atoms with E-state index in [9.17, 15) is 0 Å². The molecule has 1 N–H and O–H groups in total. The predicted octanol–water partition coefficient (Wildman–Crippen LogP) is 6.27. The Labute approximate surface area is 183 Å². The molecule has 1 heterocycles. The zero-order valence-corrected chi connectivity index (χ0v) is 19.6. The fraction of sp³-hybridized carbons (Fsp3) is 0.520. The SMILES string of the molecule is C=CC1=C(/C=C\C)CC(NC)C1.CC.CN1CCC(Oc2cccc(Cl)c2)CC1. The normalized spacial score (nSPS) is 20.0. The number of benzene rings is 1. The van der Waals surface area contributed by atoms with Crippen LogP contribution in [0, 0.1) is 0 Å². The van der Waals surface area contributed by atoms with Gasteiger partial charge in [0.1, 0.15) is 11.9 Å². The fourth-order valence-corrected chi connectivity index (χ4v) is 3.68. The Morgan fingerprint density at radius 2 is 1.83 bits per heavy atom. The summed E-state index contributed by atoms with van der Waals surface area (Å²) in [6.07, 6.45) is 11.1. The molecule has 3 nitrogen and oxygen atoms in total. The molecule has 0 saturated carbocycles. The first-order valence-electron chi connectivity index (χ1n) is 10.8. The molecule has 2 aliphatic rings. The van der Waals surface area contributed by atoms with Crippen LogP contribution in [0.1, 0.15) is 46.5 Å². The van der Waals surface area contributed by atoms with Crippen molar-refractivity contribution in [1.29, 1.82) is 0 Å². The number of likely N-dealkylation sites (tertiary alicyclic amines) is 1. The van der Waals surface area contributed by atoms with Gasteiger partial charge in [-0.1, -0.05) is 56.3 Å². The van der Waals surface area contributed by atoms with Crippen molar-refractivity contribution in [2.75, 3.05) is 27.2 Å². The Morgan fingerprint density at radius 1 is 1.17 bits per heavy atom. The molecule has 162 valence electrons. The first kappa shape index (κ1) is 25.5. The second-order valence-electron chi connectivity index (χ2n) is 7.23. The molecule has 3 rings (SSSR count). The molecule has 0 bridgehead atoms. The third-order valence-electron chi connectivity index (χ3n) is 5.13. The molecule has 0 amide bonds. The van der Waals surface area contributed by atoms with Crippen LogP contribution in [0.2, 0.25) is 5.02 Å². The summed E-state index contributed by atoms with van der Waals surface area (Å²) in [6, 6.07) is 8.24. The van der Waals surface area contributed by atoms with Gasteiger partial charge < -0.3 is 15.0 Å². The molecule has 1 aromatic carbocycles. The Bertz CT molecular complexity index is 661. The number of nitrogens with one attached hydrogen (secondary N) is 1. The van der Waals surface area contributed by atoms with Gasteiger partial charge in [-0.25, -0.2) is 0 Å². The maximum Gasteiger partial charge on any atom is 0.121 e. The molecule has 1 aliphatic heterocycles. The molecule has 1 aromatic rings. The van der Waals surface area contributed by atoms with Gasteiger partial charge in [0.25, 0.3) is 0 Å². The standard InChI is InChI=1S/C12H16ClNO.C11H17N.C2H6/c1-14-7-5-11(6-8-14)15-12-4-2-3-10(13)9-12;1-4-6-10-8-11(12-3)7-9(10)5-2;1-2/h2-4,9,11H,5-8H2,1H3;4-6,11-12H,2,7-8H2,1,3H3;1-2H3/b;6-4-;. The largest absolute Gasteiger partial charge is 0.490 e. The van der Waals surface area contributed by atoms with E-state index >= 15 is 0 Å². The number of halogens is 1. The average Bonchev–Trinajstić information content (AvgIpc) is 3.14. The van der Waals surface area contributed by atoms with E-state index in [-0.39, 0.29) is 0 Å². The van der Waals surface area contributed by atoms with Gasteiger partial charge in [0, 0.05) is 24.2 Å². The lowest BCUT2D eigenvalue weighted by atomic mass is 10.1. The number of ether oxygens (including phenoxy) is 1. The van der Waals surface area contributed by atoms with E-state index in [4.69, 9.17) is 16.3 Å². The maximum absolute atomic E-state index is 5.90. The lowest BCUT2D eigenvalue weighted by molar-refractivity contribution is 0.114. The number of allylic oxidation sites excluding steroid dienone is 3. The smallest absolute Gasteiger partial charge is 0.121 e. The minimum atomic E-state index is 0.347. The number of hydrogen-bond donors (Lipinski definition) is 1. The number of piperidine rings is 1. The topological polar surface area (TPSA) is 24.5 Å². The van der Waals surface area contributed by atoms with Gasteiger partial charge in [0.15, 0.2) is 0 Å². The van der Waals surface area contributed by atoms with E-state index in [1.807, 2.05) is 51.2 Å². The maximum atomic E-state index is 5.90. The van der Waals surface area contributed by atoms with Gasteiger partial charge in [-0.05, 0) is 76.0 Å². The van der Waals surface area contributed by atoms with E-state index in [1.54, 1.807) is 0 Å². The van der Waals surface area contributed by atoms with Crippen LogP contribution in [-0.4, -0.2) is 44.2 Å². The molecule has 0 spiro atoms. The van der Waals surface area contributed by atoms with Gasteiger partial charge in [0.05, 0.1) is 0 Å². The second kappa shape index (κ2) is 14.4. The van der Waals surface area contributed by atoms with E-state index in [0.29, 0.717) is 12.1 Å². The molecule has 1 saturated heterocycles. The average molecular weight is 419 g/mol. The molecule has 1 fully saturated rings. The summed E-state index contributed by atoms with van der Waals surface area (Å²) < 4.78 is 5.87. The lowest BCUT2D eigenvalue weighted by Crippen LogP contribution is -2.35. The number of rotatable bonds is 5. The minimum absolute atomic E-state index is 0.347. The van der Waals surface area contributed by atoms with Crippen LogP contribution >= 0.6 is 11.6 Å². The van der Waals surface area contributed by atoms with Gasteiger partial charge in [0.2, 0.25) is 0 Å². The first-order valence-corrected chi connectivity index (χ1v) is 11.2. The summed E-state index contributed by atoms with van der Waals surface area (Å²) in [5.41, 5.74) is 2.83. The highest BCUT2D eigenvalue weighted by Crippen LogP contribution is 2.27. The molecular weight excluding hydrogens is 380 g/mol. The third-order valence-corrected chi connectivity index (χ3v) is 5.37. The Kier molecular flexibility index (Phi) is 12.7. The highest BCUT2D eigenvalue weighted by atomic mass is 35.5. The molecular formula is C25H39ClN2O. The van der Waals surface area contributed by atoms with Crippen molar-refractivity contribution in [2.45, 2.75) is 58.6 Å². The Morgan fingerprint density at radius 3 is 2.38 bits per heavy atom. The van der Waals surface area contributed by atoms with Crippen LogP contribution in [0.3, 0.4) is 0 Å². The Balaban J connectivity index is 0.000000273. The quantitative estimate of drug-likeness (QED) is 0.610. The summed E-state index contributed by atoms with van der Waals surface area (Å²) in [4.78, 5) is 2.33. The molecule has 4 heteroatoms. The van der Waals surface area contributed by atoms with Crippen LogP contribution < -0.4 is 10.1 Å². The van der Waals surface area contributed by atoms with Crippen molar-refractivity contribution in [3.8, 4) is 5.75 Å². The van der Waals surface area contributed by atoms with Crippen molar-refractivity contribution in [3.05, 3.63) is 65.2 Å². The zero-order chi connectivity index (χ0) is 21.6. The number of hydrogen-bond acceptors (Lipinski definition) is 3. The number of nitrogens with zero attached hydrogens (tertiary/aromatic N) is 1. The molecule has 0 aromatic heterocycles. The third kappa shape index (κ3) is 9.20. The van der Waals surface area contributed by atoms with Crippen LogP contribution in [0.15, 0.2) is 60.2 Å². The van der Waals surface area contributed by atoms with Gasteiger partial charge in [-0.15, -0.1) is 0 Å². The van der Waals surface area contributed by atoms with E-state index in [0.717, 1.165) is 49.5 Å². The van der Waals surface area contributed by atoms with Crippen molar-refractivity contribution >= 4 is 11.6 Å². The molecule has 1 aliphatic carbocycles. The van der Waals surface area contributed by atoms with Gasteiger partial charge in [-0.3, -0.25) is 0 Å². The first-order chi connectivity index (χ1) is 14.0. The summed E-state index contributed by atoms with van der Waals surface area (Å²) in [6.45, 7) is 12.1. The lowest BCUT2D eigenvalue weighted by Gasteiger charge is -2.29. The van der Waals surface area contributed by atoms with E-state index in [1.165, 1.54) is 11.1 Å². The molecule has 29 heavy (non-hydrogen) atoms. The zero-order valence-electron chi connectivity index (χ0n) is 18.9. The molecule has 0 radical (unpaired) electrons. The minimum Gasteiger partial charge on any atom is -0.490 e. The van der Waals surface area contributed by atoms with Crippen LogP contribution in [0.5, 0.6) is 5.75 Å². The van der Waals surface area contributed by atoms with E-state index in [2.05, 4.69) is 42.9 Å².